The molecule has 0 aliphatic carbocycles. The summed E-state index contributed by atoms with van der Waals surface area (Å²) in [6, 6.07) is -1.42. The maximum atomic E-state index is 11.5. The Balaban J connectivity index is 2.36. The molecule has 0 saturated heterocycles. The molecule has 4 N–H and O–H groups in total. The van der Waals surface area contributed by atoms with Crippen molar-refractivity contribution in [2.45, 2.75) is 38.6 Å². The van der Waals surface area contributed by atoms with Crippen LogP contribution in [0.3, 0.4) is 0 Å². The molecule has 0 fully saturated rings. The fourth-order valence-electron chi connectivity index (χ4n) is 1.60. The number of carbonyl (C=O) groups is 2. The molecule has 0 bridgehead atoms. The van der Waals surface area contributed by atoms with Crippen molar-refractivity contribution in [1.82, 2.24) is 20.6 Å². The highest BCUT2D eigenvalue weighted by atomic mass is 16.4. The van der Waals surface area contributed by atoms with Gasteiger partial charge in [0.15, 0.2) is 0 Å². The molecule has 1 atom stereocenters. The second-order valence-electron chi connectivity index (χ2n) is 4.28. The van der Waals surface area contributed by atoms with E-state index in [9.17, 15) is 9.59 Å². The van der Waals surface area contributed by atoms with Gasteiger partial charge in [-0.05, 0) is 6.42 Å². The smallest absolute Gasteiger partial charge is 0.326 e. The molecule has 0 aromatic carbocycles. The molecule has 2 amide bonds. The van der Waals surface area contributed by atoms with Crippen LogP contribution >= 0.6 is 0 Å². The molecular formula is C12H20N4O3. The number of carbonyl (C=O) groups excluding carboxylic acids is 1. The molecule has 0 saturated carbocycles. The molecule has 106 valence electrons. The summed E-state index contributed by atoms with van der Waals surface area (Å²) in [7, 11) is 0. The minimum absolute atomic E-state index is 0.178. The molecule has 0 unspecified atom stereocenters. The van der Waals surface area contributed by atoms with Crippen molar-refractivity contribution in [3.63, 3.8) is 0 Å². The summed E-state index contributed by atoms with van der Waals surface area (Å²) >= 11 is 0. The number of unbranched alkanes of at least 4 members (excludes halogenated alkanes) is 2. The number of H-pyrrole nitrogens is 1. The van der Waals surface area contributed by atoms with Crippen molar-refractivity contribution in [2.75, 3.05) is 6.54 Å². The molecule has 1 aromatic heterocycles. The van der Waals surface area contributed by atoms with Crippen LogP contribution in [0.25, 0.3) is 0 Å². The number of urea groups is 1. The maximum Gasteiger partial charge on any atom is 0.326 e. The third kappa shape index (κ3) is 5.89. The van der Waals surface area contributed by atoms with E-state index < -0.39 is 18.0 Å². The SMILES string of the molecule is CCCCCNC(=O)N[C@@H](Cc1cnc[nH]1)C(=O)O. The normalized spacial score (nSPS) is 11.8. The Hall–Kier alpha value is -2.05. The molecule has 0 radical (unpaired) electrons. The number of hydrogen-bond acceptors (Lipinski definition) is 3. The van der Waals surface area contributed by atoms with Crippen LogP contribution in [0.2, 0.25) is 0 Å². The Morgan fingerprint density at radius 3 is 2.84 bits per heavy atom. The van der Waals surface area contributed by atoms with Crippen LogP contribution in [-0.2, 0) is 11.2 Å². The van der Waals surface area contributed by atoms with Crippen LogP contribution in [0.4, 0.5) is 4.79 Å². The van der Waals surface area contributed by atoms with Gasteiger partial charge in [-0.1, -0.05) is 19.8 Å². The lowest BCUT2D eigenvalue weighted by Crippen LogP contribution is -2.47. The first-order chi connectivity index (χ1) is 9.13. The number of carboxylic acid groups (broad SMARTS) is 1. The van der Waals surface area contributed by atoms with Gasteiger partial charge in [-0.15, -0.1) is 0 Å². The van der Waals surface area contributed by atoms with E-state index in [1.54, 1.807) is 0 Å². The van der Waals surface area contributed by atoms with Crippen LogP contribution in [0.15, 0.2) is 12.5 Å². The van der Waals surface area contributed by atoms with Gasteiger partial charge in [0.05, 0.1) is 6.33 Å². The lowest BCUT2D eigenvalue weighted by molar-refractivity contribution is -0.139. The lowest BCUT2D eigenvalue weighted by atomic mass is 10.2. The summed E-state index contributed by atoms with van der Waals surface area (Å²) in [6.45, 7) is 2.63. The van der Waals surface area contributed by atoms with E-state index in [1.807, 2.05) is 0 Å². The second kappa shape index (κ2) is 8.12. The Bertz CT molecular complexity index is 392. The highest BCUT2D eigenvalue weighted by Gasteiger charge is 2.20. The van der Waals surface area contributed by atoms with Gasteiger partial charge in [-0.25, -0.2) is 14.6 Å². The van der Waals surface area contributed by atoms with Crippen molar-refractivity contribution >= 4 is 12.0 Å². The Kier molecular flexibility index (Phi) is 6.42. The molecule has 7 heteroatoms. The summed E-state index contributed by atoms with van der Waals surface area (Å²) in [5.41, 5.74) is 0.665. The van der Waals surface area contributed by atoms with Gasteiger partial charge in [0, 0.05) is 24.9 Å². The number of aromatic amines is 1. The average molecular weight is 268 g/mol. The van der Waals surface area contributed by atoms with Gasteiger partial charge in [-0.2, -0.15) is 0 Å². The topological polar surface area (TPSA) is 107 Å². The van der Waals surface area contributed by atoms with E-state index in [0.717, 1.165) is 19.3 Å². The van der Waals surface area contributed by atoms with E-state index in [2.05, 4.69) is 27.5 Å². The lowest BCUT2D eigenvalue weighted by Gasteiger charge is -2.14. The number of nitrogens with one attached hydrogen (secondary N) is 3. The molecular weight excluding hydrogens is 248 g/mol. The Morgan fingerprint density at radius 2 is 2.26 bits per heavy atom. The van der Waals surface area contributed by atoms with Crippen LogP contribution < -0.4 is 10.6 Å². The zero-order chi connectivity index (χ0) is 14.1. The van der Waals surface area contributed by atoms with Crippen LogP contribution in [0.1, 0.15) is 31.9 Å². The first kappa shape index (κ1) is 15.0. The largest absolute Gasteiger partial charge is 0.480 e. The summed E-state index contributed by atoms with van der Waals surface area (Å²) in [5.74, 6) is -1.07. The predicted octanol–water partition coefficient (Wildman–Crippen LogP) is 0.895. The van der Waals surface area contributed by atoms with Gasteiger partial charge in [-0.3, -0.25) is 0 Å². The molecule has 1 aromatic rings. The number of nitrogens with zero attached hydrogens (tertiary/aromatic N) is 1. The zero-order valence-electron chi connectivity index (χ0n) is 11.0. The van der Waals surface area contributed by atoms with Gasteiger partial charge >= 0.3 is 12.0 Å². The molecule has 0 aliphatic heterocycles. The monoisotopic (exact) mass is 268 g/mol. The van der Waals surface area contributed by atoms with Crippen LogP contribution in [-0.4, -0.2) is 39.7 Å². The number of rotatable bonds is 8. The first-order valence-electron chi connectivity index (χ1n) is 6.38. The summed E-state index contributed by atoms with van der Waals surface area (Å²) in [6.07, 6.45) is 6.19. The van der Waals surface area contributed by atoms with E-state index in [0.29, 0.717) is 12.2 Å². The maximum absolute atomic E-state index is 11.5. The Labute approximate surface area is 111 Å². The first-order valence-corrected chi connectivity index (χ1v) is 6.38. The number of aliphatic carboxylic acids is 1. The number of amides is 2. The van der Waals surface area contributed by atoms with Gasteiger partial charge in [0.25, 0.3) is 0 Å². The highest BCUT2D eigenvalue weighted by molar-refractivity contribution is 5.82. The summed E-state index contributed by atoms with van der Waals surface area (Å²) in [5, 5.41) is 14.1. The Morgan fingerprint density at radius 1 is 1.47 bits per heavy atom. The van der Waals surface area contributed by atoms with Gasteiger partial charge < -0.3 is 20.7 Å². The van der Waals surface area contributed by atoms with Crippen molar-refractivity contribution in [3.05, 3.63) is 18.2 Å². The summed E-state index contributed by atoms with van der Waals surface area (Å²) in [4.78, 5) is 29.2. The minimum Gasteiger partial charge on any atom is -0.480 e. The van der Waals surface area contributed by atoms with Gasteiger partial charge in [0.1, 0.15) is 6.04 Å². The highest BCUT2D eigenvalue weighted by Crippen LogP contribution is 1.99. The predicted molar refractivity (Wildman–Crippen MR) is 69.8 cm³/mol. The number of imidazole rings is 1. The van der Waals surface area contributed by atoms with E-state index in [1.165, 1.54) is 12.5 Å². The van der Waals surface area contributed by atoms with Crippen LogP contribution in [0.5, 0.6) is 0 Å². The van der Waals surface area contributed by atoms with E-state index in [-0.39, 0.29) is 6.42 Å². The van der Waals surface area contributed by atoms with Gasteiger partial charge in [0.2, 0.25) is 0 Å². The number of carboxylic acids is 1. The van der Waals surface area contributed by atoms with Crippen molar-refractivity contribution in [3.8, 4) is 0 Å². The number of hydrogen-bond donors (Lipinski definition) is 4. The van der Waals surface area contributed by atoms with Crippen molar-refractivity contribution in [2.24, 2.45) is 0 Å². The molecule has 1 rings (SSSR count). The molecule has 1 heterocycles. The average Bonchev–Trinajstić information content (AvgIpc) is 2.86. The molecule has 7 nitrogen and oxygen atoms in total. The van der Waals surface area contributed by atoms with E-state index in [4.69, 9.17) is 5.11 Å². The van der Waals surface area contributed by atoms with Crippen LogP contribution in [0, 0.1) is 0 Å². The molecule has 0 aliphatic rings. The minimum atomic E-state index is -1.07. The quantitative estimate of drug-likeness (QED) is 0.525. The fourth-order valence-corrected chi connectivity index (χ4v) is 1.60. The molecule has 0 spiro atoms. The third-order valence-corrected chi connectivity index (χ3v) is 2.65. The van der Waals surface area contributed by atoms with Crippen molar-refractivity contribution in [1.29, 1.82) is 0 Å². The summed E-state index contributed by atoms with van der Waals surface area (Å²) < 4.78 is 0. The number of aromatic nitrogens is 2. The fraction of sp³-hybridized carbons (Fsp3) is 0.583. The van der Waals surface area contributed by atoms with E-state index >= 15 is 0 Å². The van der Waals surface area contributed by atoms with Crippen molar-refractivity contribution < 1.29 is 14.7 Å². The molecule has 19 heavy (non-hydrogen) atoms. The second-order valence-corrected chi connectivity index (χ2v) is 4.28. The standard InChI is InChI=1S/C12H20N4O3/c1-2-3-4-5-14-12(19)16-10(11(17)18)6-9-7-13-8-15-9/h7-8,10H,2-6H2,1H3,(H,13,15)(H,17,18)(H2,14,16,19)/t10-/m0/s1. The zero-order valence-corrected chi connectivity index (χ0v) is 11.0. The third-order valence-electron chi connectivity index (χ3n) is 2.65.